The number of thioether (sulfide) groups is 2. The number of rotatable bonds is 14. The molecule has 5 nitrogen and oxygen atoms in total. The number of hydrogen-bond acceptors (Lipinski definition) is 7. The van der Waals surface area contributed by atoms with E-state index >= 15 is 0 Å². The van der Waals surface area contributed by atoms with Crippen LogP contribution in [0.3, 0.4) is 0 Å². The molecule has 0 fully saturated rings. The predicted molar refractivity (Wildman–Crippen MR) is 194 cm³/mol. The Morgan fingerprint density at radius 1 is 0.578 bits per heavy atom. The molecule has 0 aliphatic heterocycles. The van der Waals surface area contributed by atoms with Crippen LogP contribution >= 0.6 is 23.5 Å². The molecule has 2 aromatic rings. The van der Waals surface area contributed by atoms with Gasteiger partial charge in [0.25, 0.3) is 0 Å². The number of phenolic OH excluding ortho intramolecular Hbond substituents is 1. The van der Waals surface area contributed by atoms with E-state index in [0.29, 0.717) is 45.4 Å². The van der Waals surface area contributed by atoms with Gasteiger partial charge in [-0.05, 0) is 59.3 Å². The Labute approximate surface area is 283 Å². The first-order valence-corrected chi connectivity index (χ1v) is 17.8. The van der Waals surface area contributed by atoms with Gasteiger partial charge in [0.15, 0.2) is 0 Å². The van der Waals surface area contributed by atoms with Gasteiger partial charge >= 0.3 is 0 Å². The Bertz CT molecular complexity index is 1210. The Morgan fingerprint density at radius 2 is 1.04 bits per heavy atom. The lowest BCUT2D eigenvalue weighted by Crippen LogP contribution is -2.23. The Kier molecular flexibility index (Phi) is 13.9. The van der Waals surface area contributed by atoms with Gasteiger partial charge in [0.1, 0.15) is 18.1 Å². The second-order valence-electron chi connectivity index (χ2n) is 16.4. The van der Waals surface area contributed by atoms with E-state index in [2.05, 4.69) is 121 Å². The van der Waals surface area contributed by atoms with Crippen LogP contribution in [0.4, 0.5) is 0 Å². The van der Waals surface area contributed by atoms with Crippen LogP contribution in [-0.2, 0) is 35.9 Å². The molecule has 0 aromatic heterocycles. The third-order valence-electron chi connectivity index (χ3n) is 7.37. The molecule has 2 rings (SSSR count). The summed E-state index contributed by atoms with van der Waals surface area (Å²) in [6, 6.07) is 8.89. The van der Waals surface area contributed by atoms with E-state index in [1.54, 1.807) is 7.11 Å². The first kappa shape index (κ1) is 39.8. The Balaban J connectivity index is 2.44. The second-order valence-corrected chi connectivity index (χ2v) is 20.0. The maximum atomic E-state index is 11.3. The molecule has 0 spiro atoms. The van der Waals surface area contributed by atoms with E-state index in [9.17, 15) is 5.11 Å². The molecular formula is C38H62O5S2. The van der Waals surface area contributed by atoms with Gasteiger partial charge in [-0.2, -0.15) is 0 Å². The predicted octanol–water partition coefficient (Wildman–Crippen LogP) is 10.3. The quantitative estimate of drug-likeness (QED) is 0.123. The number of methoxy groups -OCH3 is 1. The molecular weight excluding hydrogens is 601 g/mol. The smallest absolute Gasteiger partial charge is 0.127 e. The fraction of sp³-hybridized carbons (Fsp3) is 0.684. The van der Waals surface area contributed by atoms with Gasteiger partial charge in [-0.1, -0.05) is 89.2 Å². The molecule has 0 amide bonds. The summed E-state index contributed by atoms with van der Waals surface area (Å²) in [5.74, 6) is 1.39. The van der Waals surface area contributed by atoms with Crippen molar-refractivity contribution in [1.29, 1.82) is 0 Å². The third-order valence-corrected chi connectivity index (χ3v) is 9.89. The number of aromatic hydroxyl groups is 1. The summed E-state index contributed by atoms with van der Waals surface area (Å²) in [7, 11) is 1.67. The highest BCUT2D eigenvalue weighted by atomic mass is 32.2. The van der Waals surface area contributed by atoms with Gasteiger partial charge in [0, 0.05) is 33.6 Å². The molecule has 0 saturated heterocycles. The molecule has 256 valence electrons. The fourth-order valence-corrected chi connectivity index (χ4v) is 7.96. The average Bonchev–Trinajstić information content (AvgIpc) is 2.85. The van der Waals surface area contributed by atoms with E-state index in [1.165, 1.54) is 20.9 Å². The first-order valence-electron chi connectivity index (χ1n) is 16.2. The maximum Gasteiger partial charge on any atom is 0.127 e. The van der Waals surface area contributed by atoms with Crippen LogP contribution in [-0.4, -0.2) is 55.9 Å². The van der Waals surface area contributed by atoms with E-state index in [-0.39, 0.29) is 25.7 Å². The van der Waals surface area contributed by atoms with Crippen molar-refractivity contribution in [3.63, 3.8) is 0 Å². The number of hydrogen-bond donors (Lipinski definition) is 1. The highest BCUT2D eigenvalue weighted by Gasteiger charge is 2.34. The molecule has 0 heterocycles. The van der Waals surface area contributed by atoms with Crippen LogP contribution in [0.2, 0.25) is 0 Å². The van der Waals surface area contributed by atoms with Crippen LogP contribution in [0, 0.1) is 0 Å². The van der Waals surface area contributed by atoms with Gasteiger partial charge in [-0.3, -0.25) is 0 Å². The minimum Gasteiger partial charge on any atom is -0.507 e. The highest BCUT2D eigenvalue weighted by molar-refractivity contribution is 8.18. The molecule has 0 bridgehead atoms. The van der Waals surface area contributed by atoms with E-state index < -0.39 is 0 Å². The molecule has 0 saturated carbocycles. The van der Waals surface area contributed by atoms with Crippen molar-refractivity contribution < 1.29 is 24.1 Å². The monoisotopic (exact) mass is 662 g/mol. The summed E-state index contributed by atoms with van der Waals surface area (Å²) >= 11 is 3.73. The van der Waals surface area contributed by atoms with Crippen molar-refractivity contribution in [1.82, 2.24) is 0 Å². The molecule has 0 aliphatic rings. The van der Waals surface area contributed by atoms with Gasteiger partial charge in [0.05, 0.1) is 37.1 Å². The molecule has 0 unspecified atom stereocenters. The maximum absolute atomic E-state index is 11.3. The summed E-state index contributed by atoms with van der Waals surface area (Å²) in [6.45, 7) is 34.3. The molecule has 7 heteroatoms. The zero-order valence-electron chi connectivity index (χ0n) is 30.9. The van der Waals surface area contributed by atoms with Crippen LogP contribution in [0.25, 0.3) is 0 Å². The lowest BCUT2D eigenvalue weighted by atomic mass is 9.79. The summed E-state index contributed by atoms with van der Waals surface area (Å²) in [4.78, 5) is 2.39. The number of phenols is 1. The number of benzene rings is 2. The Morgan fingerprint density at radius 3 is 1.49 bits per heavy atom. The first-order chi connectivity index (χ1) is 20.5. The highest BCUT2D eigenvalue weighted by Crippen LogP contribution is 2.52. The van der Waals surface area contributed by atoms with Crippen molar-refractivity contribution in [3.8, 4) is 11.5 Å². The van der Waals surface area contributed by atoms with Crippen LogP contribution < -0.4 is 4.74 Å². The summed E-state index contributed by atoms with van der Waals surface area (Å²) in [5.41, 5.74) is 3.83. The average molecular weight is 663 g/mol. The van der Waals surface area contributed by atoms with Gasteiger partial charge in [-0.25, -0.2) is 0 Å². The topological polar surface area (TPSA) is 57.2 Å². The molecule has 2 aromatic carbocycles. The van der Waals surface area contributed by atoms with Gasteiger partial charge < -0.3 is 24.1 Å². The van der Waals surface area contributed by atoms with E-state index in [4.69, 9.17) is 18.9 Å². The van der Waals surface area contributed by atoms with Crippen molar-refractivity contribution >= 4 is 23.5 Å². The molecule has 45 heavy (non-hydrogen) atoms. The molecule has 0 atom stereocenters. The van der Waals surface area contributed by atoms with Crippen LogP contribution in [0.1, 0.15) is 119 Å². The zero-order valence-corrected chi connectivity index (χ0v) is 32.6. The van der Waals surface area contributed by atoms with Crippen molar-refractivity contribution in [3.05, 3.63) is 46.5 Å². The SMILES string of the molecule is COCCOCCOCCOc1c(C(C)(C)C)ccc(SC(C)(C)Sc2cc(C(C)(C)C)c(O)c(C(C)(C)C)c2)c1C(C)(C)C. The largest absolute Gasteiger partial charge is 0.507 e. The molecule has 0 aliphatic carbocycles. The number of ether oxygens (including phenoxy) is 4. The van der Waals surface area contributed by atoms with Gasteiger partial charge in [-0.15, -0.1) is 23.5 Å². The second kappa shape index (κ2) is 15.7. The van der Waals surface area contributed by atoms with Crippen molar-refractivity contribution in [2.24, 2.45) is 0 Å². The lowest BCUT2D eigenvalue weighted by molar-refractivity contribution is 0.0177. The Hall–Kier alpha value is -1.38. The van der Waals surface area contributed by atoms with Gasteiger partial charge in [0.2, 0.25) is 0 Å². The zero-order chi connectivity index (χ0) is 34.4. The normalized spacial score (nSPS) is 13.4. The summed E-state index contributed by atoms with van der Waals surface area (Å²) < 4.78 is 22.8. The molecule has 0 radical (unpaired) electrons. The van der Waals surface area contributed by atoms with E-state index in [0.717, 1.165) is 16.9 Å². The van der Waals surface area contributed by atoms with Crippen molar-refractivity contribution in [2.45, 2.75) is 132 Å². The third kappa shape index (κ3) is 12.0. The fourth-order valence-electron chi connectivity index (χ4n) is 5.15. The minimum absolute atomic E-state index is 0.0857. The lowest BCUT2D eigenvalue weighted by Gasteiger charge is -2.34. The summed E-state index contributed by atoms with van der Waals surface area (Å²) in [5, 5.41) is 11.3. The standard InChI is InChI=1S/C38H62O5S2/c1-34(2,3)27-16-17-30(31(37(10,11)12)33(27)43-23-22-42-21-20-41-19-18-40-15)45-38(13,14)44-26-24-28(35(4,5)6)32(39)29(25-26)36(7,8)9/h16-17,24-25,39H,18-23H2,1-15H3. The van der Waals surface area contributed by atoms with Crippen LogP contribution in [0.5, 0.6) is 11.5 Å². The van der Waals surface area contributed by atoms with Crippen LogP contribution in [0.15, 0.2) is 34.1 Å². The summed E-state index contributed by atoms with van der Waals surface area (Å²) in [6.07, 6.45) is 0. The van der Waals surface area contributed by atoms with E-state index in [1.807, 2.05) is 23.5 Å². The molecule has 1 N–H and O–H groups in total. The van der Waals surface area contributed by atoms with Crippen molar-refractivity contribution in [2.75, 3.05) is 46.8 Å². The minimum atomic E-state index is -0.201.